The van der Waals surface area contributed by atoms with Crippen LogP contribution >= 0.6 is 0 Å². The summed E-state index contributed by atoms with van der Waals surface area (Å²) in [6.07, 6.45) is 9.57. The lowest BCUT2D eigenvalue weighted by Crippen LogP contribution is -2.10. The van der Waals surface area contributed by atoms with Crippen molar-refractivity contribution in [3.05, 3.63) is 53.6 Å². The van der Waals surface area contributed by atoms with Crippen LogP contribution in [0.15, 0.2) is 42.5 Å². The number of carbonyl (C=O) groups excluding carboxylic acids is 2. The Bertz CT molecular complexity index is 608. The van der Waals surface area contributed by atoms with Crippen LogP contribution in [0.1, 0.15) is 70.4 Å². The highest BCUT2D eigenvalue weighted by Gasteiger charge is 2.19. The molecule has 1 aromatic rings. The number of carbonyl (C=O) groups is 2. The largest absolute Gasteiger partial charge is 0.460 e. The molecular weight excluding hydrogens is 364 g/mol. The summed E-state index contributed by atoms with van der Waals surface area (Å²) < 4.78 is 9.35. The molecule has 4 nitrogen and oxygen atoms in total. The molecule has 0 radical (unpaired) electrons. The number of aldehydes is 1. The standard InChI is InChI=1S/C16H20O.C7H12O3.C2H6/c1-13-4-8-15(9-5-13)16-10-6-14(7-11-16)3-2-12-17;1-6(2)7(8)10-5-4-9-3;1-2/h2-3,6-7,10-13,15H,4-5,8-9H2,1H3;1,4-5H2,2-3H3;1-2H3/b3-2+;;. The van der Waals surface area contributed by atoms with Gasteiger partial charge in [0.15, 0.2) is 0 Å². The molecule has 0 aliphatic heterocycles. The van der Waals surface area contributed by atoms with Gasteiger partial charge in [-0.1, -0.05) is 70.5 Å². The van der Waals surface area contributed by atoms with Crippen molar-refractivity contribution in [3.63, 3.8) is 0 Å². The molecule has 0 aromatic heterocycles. The number of hydrogen-bond donors (Lipinski definition) is 0. The van der Waals surface area contributed by atoms with Crippen LogP contribution in [-0.2, 0) is 19.1 Å². The van der Waals surface area contributed by atoms with Gasteiger partial charge in [-0.2, -0.15) is 0 Å². The minimum absolute atomic E-state index is 0.294. The van der Waals surface area contributed by atoms with Crippen LogP contribution in [0, 0.1) is 5.92 Å². The van der Waals surface area contributed by atoms with E-state index in [1.165, 1.54) is 37.3 Å². The number of rotatable bonds is 7. The van der Waals surface area contributed by atoms with Gasteiger partial charge in [-0.15, -0.1) is 0 Å². The van der Waals surface area contributed by atoms with Gasteiger partial charge in [0.2, 0.25) is 0 Å². The molecule has 0 heterocycles. The van der Waals surface area contributed by atoms with Crippen molar-refractivity contribution in [2.75, 3.05) is 20.3 Å². The van der Waals surface area contributed by atoms with Gasteiger partial charge in [-0.05, 0) is 48.8 Å². The number of methoxy groups -OCH3 is 1. The minimum atomic E-state index is -0.364. The van der Waals surface area contributed by atoms with Gasteiger partial charge in [-0.3, -0.25) is 4.79 Å². The molecule has 1 aromatic carbocycles. The lowest BCUT2D eigenvalue weighted by molar-refractivity contribution is -0.140. The maximum atomic E-state index is 10.6. The van der Waals surface area contributed by atoms with Crippen LogP contribution in [0.2, 0.25) is 0 Å². The highest BCUT2D eigenvalue weighted by molar-refractivity contribution is 5.86. The summed E-state index contributed by atoms with van der Waals surface area (Å²) in [5, 5.41) is 0. The number of ether oxygens (including phenoxy) is 2. The molecule has 0 N–H and O–H groups in total. The monoisotopic (exact) mass is 402 g/mol. The molecule has 0 saturated heterocycles. The number of allylic oxidation sites excluding steroid dienone is 1. The zero-order valence-electron chi connectivity index (χ0n) is 18.8. The van der Waals surface area contributed by atoms with Gasteiger partial charge in [0, 0.05) is 12.7 Å². The predicted molar refractivity (Wildman–Crippen MR) is 121 cm³/mol. The van der Waals surface area contributed by atoms with Crippen LogP contribution in [0.3, 0.4) is 0 Å². The summed E-state index contributed by atoms with van der Waals surface area (Å²) in [4.78, 5) is 20.9. The molecular formula is C25H38O4. The fourth-order valence-electron chi connectivity index (χ4n) is 2.96. The van der Waals surface area contributed by atoms with Crippen LogP contribution < -0.4 is 0 Å². The van der Waals surface area contributed by atoms with Crippen LogP contribution in [-0.4, -0.2) is 32.6 Å². The van der Waals surface area contributed by atoms with Crippen LogP contribution in [0.25, 0.3) is 6.08 Å². The van der Waals surface area contributed by atoms with E-state index in [0.29, 0.717) is 18.8 Å². The van der Waals surface area contributed by atoms with Gasteiger partial charge in [-0.25, -0.2) is 4.79 Å². The highest BCUT2D eigenvalue weighted by atomic mass is 16.6. The zero-order valence-corrected chi connectivity index (χ0v) is 18.8. The maximum Gasteiger partial charge on any atom is 0.333 e. The quantitative estimate of drug-likeness (QED) is 0.244. The van der Waals surface area contributed by atoms with E-state index in [-0.39, 0.29) is 5.97 Å². The summed E-state index contributed by atoms with van der Waals surface area (Å²) in [7, 11) is 1.55. The van der Waals surface area contributed by atoms with Gasteiger partial charge in [0.1, 0.15) is 12.9 Å². The number of benzene rings is 1. The smallest absolute Gasteiger partial charge is 0.333 e. The molecule has 1 saturated carbocycles. The van der Waals surface area contributed by atoms with E-state index in [4.69, 9.17) is 0 Å². The van der Waals surface area contributed by atoms with E-state index < -0.39 is 0 Å². The van der Waals surface area contributed by atoms with Crippen molar-refractivity contribution in [3.8, 4) is 0 Å². The van der Waals surface area contributed by atoms with Gasteiger partial charge in [0.25, 0.3) is 0 Å². The summed E-state index contributed by atoms with van der Waals surface area (Å²) in [5.41, 5.74) is 2.97. The van der Waals surface area contributed by atoms with E-state index in [2.05, 4.69) is 47.2 Å². The summed E-state index contributed by atoms with van der Waals surface area (Å²) >= 11 is 0. The Morgan fingerprint density at radius 3 is 2.17 bits per heavy atom. The van der Waals surface area contributed by atoms with Crippen molar-refractivity contribution in [2.45, 2.75) is 59.3 Å². The average Bonchev–Trinajstić information content (AvgIpc) is 2.75. The molecule has 4 heteroatoms. The van der Waals surface area contributed by atoms with E-state index in [9.17, 15) is 9.59 Å². The van der Waals surface area contributed by atoms with E-state index in [1.54, 1.807) is 14.0 Å². The normalized spacial score (nSPS) is 18.0. The van der Waals surface area contributed by atoms with Gasteiger partial charge < -0.3 is 9.47 Å². The molecule has 0 spiro atoms. The number of hydrogen-bond acceptors (Lipinski definition) is 4. The fourth-order valence-corrected chi connectivity index (χ4v) is 2.96. The molecule has 1 aliphatic carbocycles. The third-order valence-electron chi connectivity index (χ3n) is 4.66. The zero-order chi connectivity index (χ0) is 22.1. The van der Waals surface area contributed by atoms with Crippen molar-refractivity contribution in [1.82, 2.24) is 0 Å². The Morgan fingerprint density at radius 1 is 1.10 bits per heavy atom. The molecule has 0 amide bonds. The molecule has 0 unspecified atom stereocenters. The second-order valence-corrected chi connectivity index (χ2v) is 7.03. The molecule has 2 rings (SSSR count). The topological polar surface area (TPSA) is 52.6 Å². The fraction of sp³-hybridized carbons (Fsp3) is 0.520. The Morgan fingerprint density at radius 2 is 1.69 bits per heavy atom. The Balaban J connectivity index is 0.000000563. The van der Waals surface area contributed by atoms with E-state index in [0.717, 1.165) is 23.7 Å². The third-order valence-corrected chi connectivity index (χ3v) is 4.66. The molecule has 0 atom stereocenters. The van der Waals surface area contributed by atoms with E-state index >= 15 is 0 Å². The molecule has 29 heavy (non-hydrogen) atoms. The van der Waals surface area contributed by atoms with Crippen molar-refractivity contribution >= 4 is 18.3 Å². The number of esters is 1. The second kappa shape index (κ2) is 16.7. The lowest BCUT2D eigenvalue weighted by atomic mass is 9.79. The molecule has 162 valence electrons. The second-order valence-electron chi connectivity index (χ2n) is 7.03. The molecule has 1 aliphatic rings. The first-order valence-electron chi connectivity index (χ1n) is 10.5. The minimum Gasteiger partial charge on any atom is -0.460 e. The van der Waals surface area contributed by atoms with Gasteiger partial charge >= 0.3 is 5.97 Å². The Kier molecular flexibility index (Phi) is 15.5. The molecule has 0 bridgehead atoms. The van der Waals surface area contributed by atoms with Crippen molar-refractivity contribution in [1.29, 1.82) is 0 Å². The maximum absolute atomic E-state index is 10.6. The van der Waals surface area contributed by atoms with Crippen molar-refractivity contribution < 1.29 is 19.1 Å². The lowest BCUT2D eigenvalue weighted by Gasteiger charge is -2.26. The average molecular weight is 403 g/mol. The Hall–Kier alpha value is -2.20. The summed E-state index contributed by atoms with van der Waals surface area (Å²) in [6, 6.07) is 8.64. The first-order chi connectivity index (χ1) is 14.0. The van der Waals surface area contributed by atoms with Crippen molar-refractivity contribution in [2.24, 2.45) is 5.92 Å². The van der Waals surface area contributed by atoms with E-state index in [1.807, 2.05) is 19.9 Å². The molecule has 1 fully saturated rings. The summed E-state index contributed by atoms with van der Waals surface area (Å²) in [5.74, 6) is 1.29. The SMILES string of the molecule is C=C(C)C(=O)OCCOC.CC.CC1CCC(c2ccc(/C=C/C=O)cc2)CC1. The van der Waals surface area contributed by atoms with Crippen LogP contribution in [0.5, 0.6) is 0 Å². The highest BCUT2D eigenvalue weighted by Crippen LogP contribution is 2.35. The van der Waals surface area contributed by atoms with Gasteiger partial charge in [0.05, 0.1) is 6.61 Å². The third kappa shape index (κ3) is 12.1. The first kappa shape index (κ1) is 26.8. The first-order valence-corrected chi connectivity index (χ1v) is 10.5. The predicted octanol–water partition coefficient (Wildman–Crippen LogP) is 5.97. The summed E-state index contributed by atoms with van der Waals surface area (Å²) in [6.45, 7) is 12.1. The Labute approximate surface area is 177 Å². The van der Waals surface area contributed by atoms with Crippen LogP contribution in [0.4, 0.5) is 0 Å².